The summed E-state index contributed by atoms with van der Waals surface area (Å²) in [6, 6.07) is 9.14. The molecule has 0 unspecified atom stereocenters. The van der Waals surface area contributed by atoms with Gasteiger partial charge in [-0.25, -0.2) is 0 Å². The lowest BCUT2D eigenvalue weighted by molar-refractivity contribution is 0.0969. The topological polar surface area (TPSA) is 63.7 Å². The zero-order valence-electron chi connectivity index (χ0n) is 15.5. The van der Waals surface area contributed by atoms with Crippen LogP contribution in [0.25, 0.3) is 0 Å². The highest BCUT2D eigenvalue weighted by atomic mass is 32.1. The number of piperidine rings is 1. The Balaban J connectivity index is 1.74. The van der Waals surface area contributed by atoms with E-state index in [1.165, 1.54) is 7.11 Å². The lowest BCUT2D eigenvalue weighted by Crippen LogP contribution is -2.46. The number of aromatic nitrogens is 1. The minimum atomic E-state index is -0.267. The third-order valence-electron chi connectivity index (χ3n) is 4.70. The molecule has 1 saturated heterocycles. The standard InChI is InChI=1S/C20H23N3O3S/c1-25-17-9-8-14(12-18(17)26-2)19(24)22-20(27)23-11-4-3-7-16(23)15-6-5-10-21-13-15/h5-6,8-10,12-13,16H,3-4,7,11H2,1-2H3,(H,22,24,27)/t16-/m1/s1. The molecule has 3 rings (SSSR count). The number of benzene rings is 1. The highest BCUT2D eigenvalue weighted by molar-refractivity contribution is 7.80. The first-order chi connectivity index (χ1) is 13.1. The summed E-state index contributed by atoms with van der Waals surface area (Å²) in [4.78, 5) is 19.0. The van der Waals surface area contributed by atoms with Crippen LogP contribution in [0.5, 0.6) is 11.5 Å². The second-order valence-electron chi connectivity index (χ2n) is 6.32. The fraction of sp³-hybridized carbons (Fsp3) is 0.350. The Labute approximate surface area is 164 Å². The first-order valence-electron chi connectivity index (χ1n) is 8.88. The normalized spacial score (nSPS) is 16.5. The van der Waals surface area contributed by atoms with E-state index in [0.717, 1.165) is 31.4 Å². The maximum atomic E-state index is 12.7. The Morgan fingerprint density at radius 2 is 2.04 bits per heavy atom. The summed E-state index contributed by atoms with van der Waals surface area (Å²) >= 11 is 5.55. The van der Waals surface area contributed by atoms with Crippen molar-refractivity contribution < 1.29 is 14.3 Å². The summed E-state index contributed by atoms with van der Waals surface area (Å²) in [5.74, 6) is 0.808. The van der Waals surface area contributed by atoms with Crippen molar-refractivity contribution >= 4 is 23.2 Å². The summed E-state index contributed by atoms with van der Waals surface area (Å²) in [6.07, 6.45) is 6.78. The highest BCUT2D eigenvalue weighted by Gasteiger charge is 2.27. The van der Waals surface area contributed by atoms with E-state index in [-0.39, 0.29) is 11.9 Å². The van der Waals surface area contributed by atoms with Crippen LogP contribution in [0.2, 0.25) is 0 Å². The number of rotatable bonds is 4. The number of carbonyl (C=O) groups excluding carboxylic acids is 1. The SMILES string of the molecule is COc1ccc(C(=O)NC(=S)N2CCCC[C@@H]2c2cccnc2)cc1OC. The minimum Gasteiger partial charge on any atom is -0.493 e. The molecule has 142 valence electrons. The Morgan fingerprint density at radius 1 is 1.22 bits per heavy atom. The molecule has 27 heavy (non-hydrogen) atoms. The fourth-order valence-corrected chi connectivity index (χ4v) is 3.62. The number of methoxy groups -OCH3 is 2. The molecule has 2 aromatic rings. The smallest absolute Gasteiger partial charge is 0.257 e. The second-order valence-corrected chi connectivity index (χ2v) is 6.71. The van der Waals surface area contributed by atoms with Crippen LogP contribution in [0.15, 0.2) is 42.7 Å². The Bertz CT molecular complexity index is 813. The summed E-state index contributed by atoms with van der Waals surface area (Å²) in [5.41, 5.74) is 1.57. The molecule has 1 fully saturated rings. The molecule has 1 aromatic carbocycles. The number of nitrogens with one attached hydrogen (secondary N) is 1. The summed E-state index contributed by atoms with van der Waals surface area (Å²) in [7, 11) is 3.10. The van der Waals surface area contributed by atoms with Crippen molar-refractivity contribution in [3.8, 4) is 11.5 Å². The van der Waals surface area contributed by atoms with E-state index in [9.17, 15) is 4.79 Å². The van der Waals surface area contributed by atoms with Crippen LogP contribution in [-0.4, -0.2) is 41.7 Å². The number of pyridine rings is 1. The number of likely N-dealkylation sites (tertiary alicyclic amines) is 1. The lowest BCUT2D eigenvalue weighted by atomic mass is 9.97. The van der Waals surface area contributed by atoms with Gasteiger partial charge >= 0.3 is 0 Å². The minimum absolute atomic E-state index is 0.130. The van der Waals surface area contributed by atoms with Crippen molar-refractivity contribution in [1.82, 2.24) is 15.2 Å². The van der Waals surface area contributed by atoms with E-state index in [1.54, 1.807) is 31.5 Å². The third kappa shape index (κ3) is 4.36. The van der Waals surface area contributed by atoms with Crippen LogP contribution in [0, 0.1) is 0 Å². The van der Waals surface area contributed by atoms with Gasteiger partial charge in [0, 0.05) is 24.5 Å². The molecule has 0 saturated carbocycles. The van der Waals surface area contributed by atoms with Gasteiger partial charge in [-0.3, -0.25) is 15.1 Å². The quantitative estimate of drug-likeness (QED) is 0.815. The van der Waals surface area contributed by atoms with E-state index in [1.807, 2.05) is 12.3 Å². The highest BCUT2D eigenvalue weighted by Crippen LogP contribution is 2.31. The van der Waals surface area contributed by atoms with Crippen LogP contribution in [-0.2, 0) is 0 Å². The van der Waals surface area contributed by atoms with Crippen LogP contribution in [0.1, 0.15) is 41.2 Å². The monoisotopic (exact) mass is 385 g/mol. The molecule has 6 nitrogen and oxygen atoms in total. The predicted octanol–water partition coefficient (Wildman–Crippen LogP) is 3.34. The van der Waals surface area contributed by atoms with Crippen molar-refractivity contribution in [1.29, 1.82) is 0 Å². The third-order valence-corrected chi connectivity index (χ3v) is 5.04. The zero-order valence-corrected chi connectivity index (χ0v) is 16.3. The van der Waals surface area contributed by atoms with Gasteiger partial charge in [-0.05, 0) is 61.3 Å². The number of nitrogens with zero attached hydrogens (tertiary/aromatic N) is 2. The molecular formula is C20H23N3O3S. The van der Waals surface area contributed by atoms with E-state index in [2.05, 4.69) is 21.3 Å². The van der Waals surface area contributed by atoms with Crippen LogP contribution in [0.3, 0.4) is 0 Å². The maximum Gasteiger partial charge on any atom is 0.257 e. The second kappa shape index (κ2) is 8.81. The van der Waals surface area contributed by atoms with Crippen molar-refractivity contribution in [3.63, 3.8) is 0 Å². The van der Waals surface area contributed by atoms with Gasteiger partial charge in [-0.1, -0.05) is 6.07 Å². The van der Waals surface area contributed by atoms with Crippen LogP contribution < -0.4 is 14.8 Å². The van der Waals surface area contributed by atoms with Gasteiger partial charge in [-0.2, -0.15) is 0 Å². The molecule has 0 bridgehead atoms. The number of ether oxygens (including phenoxy) is 2. The number of hydrogen-bond donors (Lipinski definition) is 1. The molecule has 0 aliphatic carbocycles. The lowest BCUT2D eigenvalue weighted by Gasteiger charge is -2.37. The van der Waals surface area contributed by atoms with Crippen molar-refractivity contribution in [2.45, 2.75) is 25.3 Å². The van der Waals surface area contributed by atoms with Crippen molar-refractivity contribution in [2.24, 2.45) is 0 Å². The van der Waals surface area contributed by atoms with Gasteiger partial charge in [0.15, 0.2) is 16.6 Å². The van der Waals surface area contributed by atoms with Gasteiger partial charge in [0.1, 0.15) is 0 Å². The molecule has 1 atom stereocenters. The molecule has 1 aliphatic rings. The summed E-state index contributed by atoms with van der Waals surface area (Å²) < 4.78 is 10.5. The molecule has 1 amide bonds. The number of carbonyl (C=O) groups is 1. The molecular weight excluding hydrogens is 362 g/mol. The fourth-order valence-electron chi connectivity index (χ4n) is 3.31. The molecule has 7 heteroatoms. The van der Waals surface area contributed by atoms with Gasteiger partial charge in [0.2, 0.25) is 0 Å². The Morgan fingerprint density at radius 3 is 2.74 bits per heavy atom. The molecule has 1 aromatic heterocycles. The maximum absolute atomic E-state index is 12.7. The van der Waals surface area contributed by atoms with Gasteiger partial charge in [0.05, 0.1) is 20.3 Å². The van der Waals surface area contributed by atoms with Crippen LogP contribution in [0.4, 0.5) is 0 Å². The Kier molecular flexibility index (Phi) is 6.24. The predicted molar refractivity (Wildman–Crippen MR) is 107 cm³/mol. The van der Waals surface area contributed by atoms with E-state index in [0.29, 0.717) is 22.2 Å². The Hall–Kier alpha value is -2.67. The van der Waals surface area contributed by atoms with E-state index in [4.69, 9.17) is 21.7 Å². The number of amides is 1. The molecule has 2 heterocycles. The average molecular weight is 385 g/mol. The molecule has 0 spiro atoms. The van der Waals surface area contributed by atoms with Crippen molar-refractivity contribution in [3.05, 3.63) is 53.9 Å². The molecule has 1 aliphatic heterocycles. The van der Waals surface area contributed by atoms with Crippen LogP contribution >= 0.6 is 12.2 Å². The van der Waals surface area contributed by atoms with E-state index >= 15 is 0 Å². The largest absolute Gasteiger partial charge is 0.493 e. The van der Waals surface area contributed by atoms with Crippen molar-refractivity contribution in [2.75, 3.05) is 20.8 Å². The summed E-state index contributed by atoms with van der Waals surface area (Å²) in [6.45, 7) is 0.810. The first kappa shape index (κ1) is 19.1. The summed E-state index contributed by atoms with van der Waals surface area (Å²) in [5, 5.41) is 3.29. The zero-order chi connectivity index (χ0) is 19.2. The number of hydrogen-bond acceptors (Lipinski definition) is 5. The molecule has 0 radical (unpaired) electrons. The van der Waals surface area contributed by atoms with Gasteiger partial charge < -0.3 is 14.4 Å². The van der Waals surface area contributed by atoms with Gasteiger partial charge in [-0.15, -0.1) is 0 Å². The average Bonchev–Trinajstić information content (AvgIpc) is 2.73. The molecule has 1 N–H and O–H groups in total. The van der Waals surface area contributed by atoms with E-state index < -0.39 is 0 Å². The van der Waals surface area contributed by atoms with Gasteiger partial charge in [0.25, 0.3) is 5.91 Å². The first-order valence-corrected chi connectivity index (χ1v) is 9.28. The number of thiocarbonyl (C=S) groups is 1.